The molecule has 2 aromatic heterocycles. The maximum absolute atomic E-state index is 11.9. The third kappa shape index (κ3) is 2.78. The van der Waals surface area contributed by atoms with E-state index in [0.717, 1.165) is 0 Å². The van der Waals surface area contributed by atoms with E-state index in [0.29, 0.717) is 21.0 Å². The van der Waals surface area contributed by atoms with Crippen LogP contribution in [-0.2, 0) is 0 Å². The second-order valence-corrected chi connectivity index (χ2v) is 4.80. The summed E-state index contributed by atoms with van der Waals surface area (Å²) in [5.41, 5.74) is 2.72. The number of aromatic nitrogens is 2. The highest BCUT2D eigenvalue weighted by atomic mass is 79.9. The number of carbonyl (C=O) groups excluding carboxylic acids is 1. The van der Waals surface area contributed by atoms with Crippen LogP contribution in [0.5, 0.6) is 0 Å². The number of thiazole rings is 1. The van der Waals surface area contributed by atoms with Gasteiger partial charge < -0.3 is 5.43 Å². The molecule has 17 heavy (non-hydrogen) atoms. The molecule has 1 amide bonds. The number of hydrogen-bond acceptors (Lipinski definition) is 6. The first-order valence-corrected chi connectivity index (χ1v) is 6.21. The molecule has 2 heterocycles. The fourth-order valence-corrected chi connectivity index (χ4v) is 2.03. The highest BCUT2D eigenvalue weighted by Crippen LogP contribution is 2.19. The summed E-state index contributed by atoms with van der Waals surface area (Å²) in [7, 11) is 0. The molecule has 2 aromatic rings. The lowest BCUT2D eigenvalue weighted by Crippen LogP contribution is -2.18. The number of nitrogens with one attached hydrogen (secondary N) is 2. The number of nitrogens with two attached hydrogens (primary N) is 1. The molecule has 0 aliphatic heterocycles. The number of amides is 1. The number of carbonyl (C=O) groups is 1. The summed E-state index contributed by atoms with van der Waals surface area (Å²) >= 11 is 4.58. The highest BCUT2D eigenvalue weighted by Gasteiger charge is 2.13. The molecule has 0 radical (unpaired) electrons. The Hall–Kier alpha value is -1.51. The van der Waals surface area contributed by atoms with Gasteiger partial charge in [0.1, 0.15) is 0 Å². The second kappa shape index (κ2) is 5.21. The fraction of sp³-hybridized carbons (Fsp3) is 0. The standard InChI is InChI=1S/C9H8BrN5OS/c10-5-3-6(7(15-11)13-4-5)8(16)14-9-12-1-2-17-9/h1-4H,11H2,(H,13,15)(H,12,14,16). The van der Waals surface area contributed by atoms with Crippen molar-refractivity contribution in [3.8, 4) is 0 Å². The van der Waals surface area contributed by atoms with Crippen molar-refractivity contribution in [1.29, 1.82) is 0 Å². The van der Waals surface area contributed by atoms with Gasteiger partial charge in [-0.3, -0.25) is 10.1 Å². The Morgan fingerprint density at radius 3 is 2.94 bits per heavy atom. The fourth-order valence-electron chi connectivity index (χ4n) is 1.18. The minimum absolute atomic E-state index is 0.308. The number of pyridine rings is 1. The first-order valence-electron chi connectivity index (χ1n) is 4.53. The Kier molecular flexibility index (Phi) is 3.67. The second-order valence-electron chi connectivity index (χ2n) is 2.99. The van der Waals surface area contributed by atoms with Gasteiger partial charge in [0.2, 0.25) is 0 Å². The smallest absolute Gasteiger partial charge is 0.261 e. The lowest BCUT2D eigenvalue weighted by atomic mass is 10.2. The van der Waals surface area contributed by atoms with E-state index in [-0.39, 0.29) is 5.91 Å². The molecule has 4 N–H and O–H groups in total. The van der Waals surface area contributed by atoms with Crippen LogP contribution >= 0.6 is 27.3 Å². The van der Waals surface area contributed by atoms with Crippen LogP contribution in [0.4, 0.5) is 10.9 Å². The molecule has 2 rings (SSSR count). The van der Waals surface area contributed by atoms with Crippen LogP contribution in [0.15, 0.2) is 28.3 Å². The molecular formula is C9H8BrN5OS. The number of hydrogen-bond donors (Lipinski definition) is 3. The molecule has 0 unspecified atom stereocenters. The first kappa shape index (κ1) is 12.0. The number of hydrazine groups is 1. The summed E-state index contributed by atoms with van der Waals surface area (Å²) in [5.74, 6) is 5.28. The zero-order valence-corrected chi connectivity index (χ0v) is 10.9. The predicted octanol–water partition coefficient (Wildman–Crippen LogP) is 1.84. The average molecular weight is 314 g/mol. The van der Waals surface area contributed by atoms with E-state index in [1.807, 2.05) is 0 Å². The molecule has 0 bridgehead atoms. The van der Waals surface area contributed by atoms with E-state index in [2.05, 4.69) is 36.6 Å². The van der Waals surface area contributed by atoms with Gasteiger partial charge >= 0.3 is 0 Å². The normalized spacial score (nSPS) is 10.0. The van der Waals surface area contributed by atoms with Crippen molar-refractivity contribution < 1.29 is 4.79 Å². The van der Waals surface area contributed by atoms with Crippen molar-refractivity contribution in [1.82, 2.24) is 9.97 Å². The summed E-state index contributed by atoms with van der Waals surface area (Å²) < 4.78 is 0.695. The maximum Gasteiger partial charge on any atom is 0.261 e. The third-order valence-electron chi connectivity index (χ3n) is 1.89. The van der Waals surface area contributed by atoms with E-state index in [9.17, 15) is 4.79 Å². The minimum atomic E-state index is -0.318. The summed E-state index contributed by atoms with van der Waals surface area (Å²) in [5, 5.41) is 4.95. The monoisotopic (exact) mass is 313 g/mol. The molecule has 0 fully saturated rings. The van der Waals surface area contributed by atoms with Crippen LogP contribution < -0.4 is 16.6 Å². The first-order chi connectivity index (χ1) is 8.20. The SMILES string of the molecule is NNc1ncc(Br)cc1C(=O)Nc1nccs1. The van der Waals surface area contributed by atoms with Crippen molar-refractivity contribution in [3.63, 3.8) is 0 Å². The molecule has 0 saturated heterocycles. The molecule has 0 spiro atoms. The van der Waals surface area contributed by atoms with E-state index in [4.69, 9.17) is 5.84 Å². The van der Waals surface area contributed by atoms with Gasteiger partial charge in [-0.2, -0.15) is 0 Å². The number of halogens is 1. The molecule has 0 saturated carbocycles. The largest absolute Gasteiger partial charge is 0.308 e. The van der Waals surface area contributed by atoms with Gasteiger partial charge in [0.25, 0.3) is 5.91 Å². The predicted molar refractivity (Wildman–Crippen MR) is 69.8 cm³/mol. The van der Waals surface area contributed by atoms with E-state index in [1.54, 1.807) is 23.8 Å². The summed E-state index contributed by atoms with van der Waals surface area (Å²) in [6.45, 7) is 0. The molecule has 0 aliphatic rings. The van der Waals surface area contributed by atoms with E-state index < -0.39 is 0 Å². The third-order valence-corrected chi connectivity index (χ3v) is 3.01. The van der Waals surface area contributed by atoms with Crippen molar-refractivity contribution in [2.75, 3.05) is 10.7 Å². The van der Waals surface area contributed by atoms with Crippen molar-refractivity contribution in [2.45, 2.75) is 0 Å². The van der Waals surface area contributed by atoms with Crippen molar-refractivity contribution >= 4 is 44.1 Å². The lowest BCUT2D eigenvalue weighted by molar-refractivity contribution is 0.102. The zero-order valence-electron chi connectivity index (χ0n) is 8.48. The van der Waals surface area contributed by atoms with Crippen molar-refractivity contribution in [3.05, 3.63) is 33.9 Å². The molecular weight excluding hydrogens is 306 g/mol. The number of nitrogens with zero attached hydrogens (tertiary/aromatic N) is 2. The number of anilines is 2. The van der Waals surface area contributed by atoms with Gasteiger partial charge in [-0.15, -0.1) is 11.3 Å². The molecule has 6 nitrogen and oxygen atoms in total. The Balaban J connectivity index is 2.26. The van der Waals surface area contributed by atoms with Crippen molar-refractivity contribution in [2.24, 2.45) is 5.84 Å². The molecule has 0 atom stereocenters. The van der Waals surface area contributed by atoms with Crippen LogP contribution in [0.1, 0.15) is 10.4 Å². The van der Waals surface area contributed by atoms with Crippen LogP contribution in [0.3, 0.4) is 0 Å². The molecule has 8 heteroatoms. The zero-order chi connectivity index (χ0) is 12.3. The Morgan fingerprint density at radius 1 is 1.47 bits per heavy atom. The number of nitrogen functional groups attached to an aromatic ring is 1. The summed E-state index contributed by atoms with van der Waals surface area (Å²) in [6.07, 6.45) is 3.16. The summed E-state index contributed by atoms with van der Waals surface area (Å²) in [6, 6.07) is 1.63. The molecule has 0 aliphatic carbocycles. The Labute approximate surface area is 109 Å². The Bertz CT molecular complexity index is 530. The average Bonchev–Trinajstić information content (AvgIpc) is 2.81. The quantitative estimate of drug-likeness (QED) is 0.594. The van der Waals surface area contributed by atoms with Gasteiger partial charge in [0, 0.05) is 22.2 Å². The van der Waals surface area contributed by atoms with Gasteiger partial charge in [-0.05, 0) is 22.0 Å². The highest BCUT2D eigenvalue weighted by molar-refractivity contribution is 9.10. The van der Waals surface area contributed by atoms with Crippen LogP contribution in [-0.4, -0.2) is 15.9 Å². The topological polar surface area (TPSA) is 92.9 Å². The minimum Gasteiger partial charge on any atom is -0.308 e. The van der Waals surface area contributed by atoms with Crippen LogP contribution in [0.2, 0.25) is 0 Å². The number of rotatable bonds is 3. The van der Waals surface area contributed by atoms with E-state index >= 15 is 0 Å². The maximum atomic E-state index is 11.9. The van der Waals surface area contributed by atoms with Gasteiger partial charge in [-0.25, -0.2) is 15.8 Å². The van der Waals surface area contributed by atoms with Gasteiger partial charge in [0.05, 0.1) is 5.56 Å². The lowest BCUT2D eigenvalue weighted by Gasteiger charge is -2.07. The Morgan fingerprint density at radius 2 is 2.29 bits per heavy atom. The molecule has 88 valence electrons. The van der Waals surface area contributed by atoms with E-state index in [1.165, 1.54) is 11.3 Å². The van der Waals surface area contributed by atoms with Gasteiger partial charge in [0.15, 0.2) is 10.9 Å². The van der Waals surface area contributed by atoms with Crippen LogP contribution in [0, 0.1) is 0 Å². The molecule has 0 aromatic carbocycles. The summed E-state index contributed by atoms with van der Waals surface area (Å²) in [4.78, 5) is 19.9. The van der Waals surface area contributed by atoms with Crippen LogP contribution in [0.25, 0.3) is 0 Å². The van der Waals surface area contributed by atoms with Gasteiger partial charge in [-0.1, -0.05) is 0 Å².